The van der Waals surface area contributed by atoms with Crippen molar-refractivity contribution in [3.63, 3.8) is 0 Å². The Morgan fingerprint density at radius 2 is 2.12 bits per heavy atom. The molecule has 1 fully saturated rings. The van der Waals surface area contributed by atoms with Crippen molar-refractivity contribution in [1.29, 1.82) is 0 Å². The molecule has 0 spiro atoms. The van der Waals surface area contributed by atoms with Crippen LogP contribution in [0.5, 0.6) is 0 Å². The number of carbonyl (C=O) groups is 1. The van der Waals surface area contributed by atoms with Crippen LogP contribution in [0, 0.1) is 18.3 Å². The van der Waals surface area contributed by atoms with Gasteiger partial charge in [-0.3, -0.25) is 4.79 Å². The van der Waals surface area contributed by atoms with Crippen molar-refractivity contribution >= 4 is 5.78 Å². The Morgan fingerprint density at radius 3 is 2.76 bits per heavy atom. The minimum Gasteiger partial charge on any atom is -0.348 e. The van der Waals surface area contributed by atoms with E-state index in [1.165, 1.54) is 17.8 Å². The standard InChI is InChI=1S/C15H21NO/c1-10-7-12-13(5-4-6-14(12)17)16(10)9-11-8-15(11,2)3/h7,11H,4-6,8-9H2,1-3H3. The first kappa shape index (κ1) is 11.1. The lowest BCUT2D eigenvalue weighted by atomic mass is 9.96. The number of nitrogens with zero attached hydrogens (tertiary/aromatic N) is 1. The van der Waals surface area contributed by atoms with E-state index in [2.05, 4.69) is 31.4 Å². The van der Waals surface area contributed by atoms with Gasteiger partial charge in [0.15, 0.2) is 5.78 Å². The second-order valence-corrected chi connectivity index (χ2v) is 6.42. The molecule has 0 aliphatic heterocycles. The molecule has 1 saturated carbocycles. The molecule has 0 N–H and O–H groups in total. The number of carbonyl (C=O) groups excluding carboxylic acids is 1. The third-order valence-electron chi connectivity index (χ3n) is 4.65. The van der Waals surface area contributed by atoms with Crippen LogP contribution < -0.4 is 0 Å². The zero-order valence-corrected chi connectivity index (χ0v) is 11.0. The molecule has 2 aliphatic rings. The Morgan fingerprint density at radius 1 is 1.41 bits per heavy atom. The van der Waals surface area contributed by atoms with E-state index < -0.39 is 0 Å². The molecule has 17 heavy (non-hydrogen) atoms. The molecule has 2 aliphatic carbocycles. The van der Waals surface area contributed by atoms with Crippen molar-refractivity contribution < 1.29 is 4.79 Å². The molecular formula is C15H21NO. The van der Waals surface area contributed by atoms with E-state index in [1.54, 1.807) is 0 Å². The molecule has 3 rings (SSSR count). The first-order chi connectivity index (χ1) is 7.99. The second-order valence-electron chi connectivity index (χ2n) is 6.42. The molecule has 1 unspecified atom stereocenters. The Balaban J connectivity index is 1.92. The van der Waals surface area contributed by atoms with E-state index >= 15 is 0 Å². The molecule has 2 heteroatoms. The highest BCUT2D eigenvalue weighted by atomic mass is 16.1. The predicted octanol–water partition coefficient (Wildman–Crippen LogP) is 3.36. The van der Waals surface area contributed by atoms with Crippen molar-refractivity contribution in [2.45, 2.75) is 53.0 Å². The first-order valence-electron chi connectivity index (χ1n) is 6.71. The van der Waals surface area contributed by atoms with Gasteiger partial charge in [0.1, 0.15) is 0 Å². The monoisotopic (exact) mass is 231 g/mol. The topological polar surface area (TPSA) is 22.0 Å². The van der Waals surface area contributed by atoms with Crippen molar-refractivity contribution in [3.05, 3.63) is 23.0 Å². The van der Waals surface area contributed by atoms with Crippen molar-refractivity contribution in [2.24, 2.45) is 11.3 Å². The summed E-state index contributed by atoms with van der Waals surface area (Å²) in [4.78, 5) is 11.9. The van der Waals surface area contributed by atoms with Gasteiger partial charge < -0.3 is 4.57 Å². The summed E-state index contributed by atoms with van der Waals surface area (Å²) in [6, 6.07) is 2.10. The third kappa shape index (κ3) is 1.74. The molecule has 1 aromatic rings. The highest BCUT2D eigenvalue weighted by Gasteiger charge is 2.45. The van der Waals surface area contributed by atoms with E-state index in [9.17, 15) is 4.79 Å². The fraction of sp³-hybridized carbons (Fsp3) is 0.667. The summed E-state index contributed by atoms with van der Waals surface area (Å²) >= 11 is 0. The van der Waals surface area contributed by atoms with Crippen LogP contribution in [0.3, 0.4) is 0 Å². The smallest absolute Gasteiger partial charge is 0.164 e. The third-order valence-corrected chi connectivity index (χ3v) is 4.65. The normalized spacial score (nSPS) is 25.8. The molecule has 92 valence electrons. The van der Waals surface area contributed by atoms with Crippen LogP contribution in [0.15, 0.2) is 6.07 Å². The van der Waals surface area contributed by atoms with Crippen molar-refractivity contribution in [1.82, 2.24) is 4.57 Å². The average molecular weight is 231 g/mol. The number of ketones is 1. The predicted molar refractivity (Wildman–Crippen MR) is 68.3 cm³/mol. The van der Waals surface area contributed by atoms with Gasteiger partial charge in [0, 0.05) is 29.9 Å². The van der Waals surface area contributed by atoms with Gasteiger partial charge >= 0.3 is 0 Å². The number of hydrogen-bond donors (Lipinski definition) is 0. The fourth-order valence-corrected chi connectivity index (χ4v) is 3.15. The minimum atomic E-state index is 0.350. The minimum absolute atomic E-state index is 0.350. The van der Waals surface area contributed by atoms with Crippen LogP contribution >= 0.6 is 0 Å². The van der Waals surface area contributed by atoms with Crippen LogP contribution in [-0.4, -0.2) is 10.4 Å². The molecule has 0 bridgehead atoms. The Labute approximate surface area is 103 Å². The lowest BCUT2D eigenvalue weighted by Gasteiger charge is -2.16. The summed E-state index contributed by atoms with van der Waals surface area (Å²) in [5.41, 5.74) is 4.10. The number of aromatic nitrogens is 1. The summed E-state index contributed by atoms with van der Waals surface area (Å²) < 4.78 is 2.41. The van der Waals surface area contributed by atoms with Crippen LogP contribution in [0.25, 0.3) is 0 Å². The number of aryl methyl sites for hydroxylation is 1. The lowest BCUT2D eigenvalue weighted by Crippen LogP contribution is -2.15. The van der Waals surface area contributed by atoms with Crippen LogP contribution in [0.2, 0.25) is 0 Å². The number of fused-ring (bicyclic) bond motifs is 1. The Kier molecular flexibility index (Phi) is 2.26. The molecule has 1 atom stereocenters. The van der Waals surface area contributed by atoms with E-state index in [0.717, 1.165) is 37.3 Å². The zero-order valence-electron chi connectivity index (χ0n) is 11.0. The summed E-state index contributed by atoms with van der Waals surface area (Å²) in [5, 5.41) is 0. The molecular weight excluding hydrogens is 210 g/mol. The maximum atomic E-state index is 11.9. The van der Waals surface area contributed by atoms with Gasteiger partial charge in [-0.15, -0.1) is 0 Å². The van der Waals surface area contributed by atoms with Crippen LogP contribution in [-0.2, 0) is 13.0 Å². The van der Waals surface area contributed by atoms with Crippen LogP contribution in [0.4, 0.5) is 0 Å². The summed E-state index contributed by atoms with van der Waals surface area (Å²) in [5.74, 6) is 1.15. The Hall–Kier alpha value is -1.05. The van der Waals surface area contributed by atoms with Crippen molar-refractivity contribution in [2.75, 3.05) is 0 Å². The molecule has 0 radical (unpaired) electrons. The van der Waals surface area contributed by atoms with Gasteiger partial charge in [-0.2, -0.15) is 0 Å². The van der Waals surface area contributed by atoms with E-state index in [-0.39, 0.29) is 0 Å². The molecule has 0 amide bonds. The molecule has 1 aromatic heterocycles. The first-order valence-corrected chi connectivity index (χ1v) is 6.71. The van der Waals surface area contributed by atoms with Crippen LogP contribution in [0.1, 0.15) is 54.9 Å². The van der Waals surface area contributed by atoms with E-state index in [4.69, 9.17) is 0 Å². The SMILES string of the molecule is Cc1cc2c(n1CC1CC1(C)C)CCCC2=O. The number of hydrogen-bond acceptors (Lipinski definition) is 1. The highest BCUT2D eigenvalue weighted by molar-refractivity contribution is 5.98. The van der Waals surface area contributed by atoms with Gasteiger partial charge in [-0.1, -0.05) is 13.8 Å². The van der Waals surface area contributed by atoms with Gasteiger partial charge in [-0.05, 0) is 43.6 Å². The lowest BCUT2D eigenvalue weighted by molar-refractivity contribution is 0.0971. The van der Waals surface area contributed by atoms with E-state index in [1.807, 2.05) is 0 Å². The zero-order chi connectivity index (χ0) is 12.2. The summed E-state index contributed by atoms with van der Waals surface area (Å²) in [6.45, 7) is 7.94. The van der Waals surface area contributed by atoms with Gasteiger partial charge in [0.25, 0.3) is 0 Å². The average Bonchev–Trinajstić information content (AvgIpc) is 2.71. The molecule has 0 aromatic carbocycles. The van der Waals surface area contributed by atoms with Gasteiger partial charge in [0.05, 0.1) is 0 Å². The molecule has 0 saturated heterocycles. The maximum Gasteiger partial charge on any atom is 0.164 e. The van der Waals surface area contributed by atoms with Crippen molar-refractivity contribution in [3.8, 4) is 0 Å². The van der Waals surface area contributed by atoms with Gasteiger partial charge in [-0.25, -0.2) is 0 Å². The summed E-state index contributed by atoms with van der Waals surface area (Å²) in [6.07, 6.45) is 4.18. The number of rotatable bonds is 2. The fourth-order valence-electron chi connectivity index (χ4n) is 3.15. The largest absolute Gasteiger partial charge is 0.348 e. The second kappa shape index (κ2) is 3.47. The molecule has 1 heterocycles. The number of Topliss-reactive ketones (excluding diaryl/α,β-unsaturated/α-hetero) is 1. The quantitative estimate of drug-likeness (QED) is 0.765. The maximum absolute atomic E-state index is 11.9. The van der Waals surface area contributed by atoms with E-state index in [0.29, 0.717) is 11.2 Å². The Bertz CT molecular complexity index is 481. The molecule has 2 nitrogen and oxygen atoms in total. The highest BCUT2D eigenvalue weighted by Crippen LogP contribution is 2.52. The summed E-state index contributed by atoms with van der Waals surface area (Å²) in [7, 11) is 0. The van der Waals surface area contributed by atoms with Gasteiger partial charge in [0.2, 0.25) is 0 Å².